The Morgan fingerprint density at radius 1 is 1.04 bits per heavy atom. The summed E-state index contributed by atoms with van der Waals surface area (Å²) in [5.74, 6) is 1.11. The van der Waals surface area contributed by atoms with E-state index in [0.717, 1.165) is 5.56 Å². The molecule has 0 spiro atoms. The van der Waals surface area contributed by atoms with Gasteiger partial charge in [-0.3, -0.25) is 4.72 Å². The van der Waals surface area contributed by atoms with Gasteiger partial charge in [-0.15, -0.1) is 0 Å². The summed E-state index contributed by atoms with van der Waals surface area (Å²) in [4.78, 5) is 0.166. The van der Waals surface area contributed by atoms with Crippen LogP contribution in [0.1, 0.15) is 33.3 Å². The van der Waals surface area contributed by atoms with Crippen molar-refractivity contribution in [3.63, 3.8) is 0 Å². The molecule has 0 atom stereocenters. The van der Waals surface area contributed by atoms with Gasteiger partial charge < -0.3 is 9.47 Å². The average Bonchev–Trinajstić information content (AvgIpc) is 2.54. The molecule has 0 aliphatic rings. The predicted molar refractivity (Wildman–Crippen MR) is 100 cm³/mol. The fraction of sp³-hybridized carbons (Fsp3) is 0.368. The van der Waals surface area contributed by atoms with E-state index in [2.05, 4.69) is 25.5 Å². The van der Waals surface area contributed by atoms with E-state index >= 15 is 0 Å². The number of methoxy groups -OCH3 is 1. The first kappa shape index (κ1) is 19.1. The number of ether oxygens (including phenoxy) is 2. The summed E-state index contributed by atoms with van der Waals surface area (Å²) in [5.41, 5.74) is 1.33. The van der Waals surface area contributed by atoms with Gasteiger partial charge in [0, 0.05) is 0 Å². The summed E-state index contributed by atoms with van der Waals surface area (Å²) >= 11 is 0. The van der Waals surface area contributed by atoms with E-state index in [9.17, 15) is 8.42 Å². The molecule has 2 aromatic carbocycles. The zero-order chi connectivity index (χ0) is 18.7. The first-order chi connectivity index (χ1) is 11.7. The van der Waals surface area contributed by atoms with Crippen molar-refractivity contribution in [1.82, 2.24) is 0 Å². The summed E-state index contributed by atoms with van der Waals surface area (Å²) < 4.78 is 38.7. The van der Waals surface area contributed by atoms with E-state index in [1.54, 1.807) is 18.2 Å². The van der Waals surface area contributed by atoms with Crippen LogP contribution in [-0.4, -0.2) is 22.1 Å². The lowest BCUT2D eigenvalue weighted by atomic mass is 9.87. The van der Waals surface area contributed by atoms with Gasteiger partial charge in [-0.25, -0.2) is 8.42 Å². The number of hydrogen-bond donors (Lipinski definition) is 1. The lowest BCUT2D eigenvalue weighted by Gasteiger charge is -2.21. The van der Waals surface area contributed by atoms with Gasteiger partial charge in [0.2, 0.25) is 0 Å². The molecule has 0 radical (unpaired) electrons. The van der Waals surface area contributed by atoms with Crippen molar-refractivity contribution in [2.45, 2.75) is 38.0 Å². The molecule has 0 saturated heterocycles. The van der Waals surface area contributed by atoms with Crippen LogP contribution in [0.3, 0.4) is 0 Å². The van der Waals surface area contributed by atoms with E-state index in [1.807, 2.05) is 19.1 Å². The van der Waals surface area contributed by atoms with Crippen molar-refractivity contribution >= 4 is 15.7 Å². The van der Waals surface area contributed by atoms with Gasteiger partial charge in [0.05, 0.1) is 24.3 Å². The van der Waals surface area contributed by atoms with Crippen LogP contribution in [-0.2, 0) is 15.4 Å². The zero-order valence-electron chi connectivity index (χ0n) is 15.3. The lowest BCUT2D eigenvalue weighted by molar-refractivity contribution is 0.340. The third-order valence-electron chi connectivity index (χ3n) is 3.75. The van der Waals surface area contributed by atoms with Crippen LogP contribution in [0.4, 0.5) is 5.69 Å². The van der Waals surface area contributed by atoms with Crippen molar-refractivity contribution in [2.75, 3.05) is 18.4 Å². The molecule has 5 nitrogen and oxygen atoms in total. The fourth-order valence-electron chi connectivity index (χ4n) is 2.34. The Kier molecular flexibility index (Phi) is 5.62. The van der Waals surface area contributed by atoms with Crippen LogP contribution in [0, 0.1) is 0 Å². The highest BCUT2D eigenvalue weighted by Gasteiger charge is 2.20. The Hall–Kier alpha value is -2.21. The lowest BCUT2D eigenvalue weighted by Crippen LogP contribution is -2.16. The second kappa shape index (κ2) is 7.35. The molecule has 0 aromatic heterocycles. The van der Waals surface area contributed by atoms with E-state index in [1.165, 1.54) is 19.2 Å². The predicted octanol–water partition coefficient (Wildman–Crippen LogP) is 4.19. The number of anilines is 1. The summed E-state index contributed by atoms with van der Waals surface area (Å²) in [7, 11) is -2.21. The second-order valence-corrected chi connectivity index (χ2v) is 8.36. The topological polar surface area (TPSA) is 64.6 Å². The molecule has 0 saturated carbocycles. The van der Waals surface area contributed by atoms with Gasteiger partial charge in [0.25, 0.3) is 10.0 Å². The normalized spacial score (nSPS) is 11.9. The van der Waals surface area contributed by atoms with Crippen LogP contribution in [0.2, 0.25) is 0 Å². The van der Waals surface area contributed by atoms with Gasteiger partial charge in [-0.1, -0.05) is 26.8 Å². The van der Waals surface area contributed by atoms with Crippen LogP contribution in [0.25, 0.3) is 0 Å². The minimum absolute atomic E-state index is 0.106. The molecular formula is C19H25NO4S. The largest absolute Gasteiger partial charge is 0.495 e. The zero-order valence-corrected chi connectivity index (χ0v) is 16.1. The van der Waals surface area contributed by atoms with Crippen LogP contribution in [0.15, 0.2) is 47.4 Å². The minimum atomic E-state index is -3.73. The van der Waals surface area contributed by atoms with Crippen molar-refractivity contribution in [3.05, 3.63) is 48.0 Å². The molecule has 0 aliphatic heterocycles. The van der Waals surface area contributed by atoms with E-state index in [4.69, 9.17) is 9.47 Å². The Morgan fingerprint density at radius 2 is 1.68 bits per heavy atom. The quantitative estimate of drug-likeness (QED) is 0.836. The molecule has 136 valence electrons. The van der Waals surface area contributed by atoms with Gasteiger partial charge in [-0.2, -0.15) is 0 Å². The van der Waals surface area contributed by atoms with Crippen LogP contribution < -0.4 is 14.2 Å². The Balaban J connectivity index is 2.36. The molecule has 0 fully saturated rings. The monoisotopic (exact) mass is 363 g/mol. The third-order valence-corrected chi connectivity index (χ3v) is 5.14. The molecule has 0 heterocycles. The van der Waals surface area contributed by atoms with Gasteiger partial charge in [-0.05, 0) is 54.3 Å². The van der Waals surface area contributed by atoms with E-state index < -0.39 is 10.0 Å². The van der Waals surface area contributed by atoms with Gasteiger partial charge in [0.1, 0.15) is 11.5 Å². The molecule has 0 unspecified atom stereocenters. The van der Waals surface area contributed by atoms with Crippen LogP contribution in [0.5, 0.6) is 11.5 Å². The van der Waals surface area contributed by atoms with Crippen molar-refractivity contribution in [3.8, 4) is 11.5 Å². The summed E-state index contributed by atoms with van der Waals surface area (Å²) in [6.07, 6.45) is 0. The van der Waals surface area contributed by atoms with Gasteiger partial charge in [0.15, 0.2) is 0 Å². The second-order valence-electron chi connectivity index (χ2n) is 6.67. The first-order valence-corrected chi connectivity index (χ1v) is 9.60. The number of benzene rings is 2. The van der Waals surface area contributed by atoms with Crippen LogP contribution >= 0.6 is 0 Å². The fourth-order valence-corrected chi connectivity index (χ4v) is 3.40. The number of hydrogen-bond acceptors (Lipinski definition) is 4. The average molecular weight is 363 g/mol. The number of rotatable bonds is 6. The molecule has 25 heavy (non-hydrogen) atoms. The highest BCUT2D eigenvalue weighted by atomic mass is 32.2. The maximum Gasteiger partial charge on any atom is 0.262 e. The third kappa shape index (κ3) is 4.66. The maximum atomic E-state index is 12.7. The first-order valence-electron chi connectivity index (χ1n) is 8.11. The van der Waals surface area contributed by atoms with Crippen molar-refractivity contribution < 1.29 is 17.9 Å². The molecule has 0 bridgehead atoms. The molecule has 6 heteroatoms. The molecule has 1 N–H and O–H groups in total. The van der Waals surface area contributed by atoms with E-state index in [-0.39, 0.29) is 10.3 Å². The van der Waals surface area contributed by atoms with E-state index in [0.29, 0.717) is 23.8 Å². The minimum Gasteiger partial charge on any atom is -0.495 e. The smallest absolute Gasteiger partial charge is 0.262 e. The highest BCUT2D eigenvalue weighted by Crippen LogP contribution is 2.33. The Bertz CT molecular complexity index is 821. The molecular weight excluding hydrogens is 338 g/mol. The van der Waals surface area contributed by atoms with Crippen molar-refractivity contribution in [1.29, 1.82) is 0 Å². The maximum absolute atomic E-state index is 12.7. The standard InChI is InChI=1S/C19H25NO4S/c1-6-24-15-8-10-16(11-9-15)25(21,22)20-17-13-14(19(2,3)4)7-12-18(17)23-5/h7-13,20H,6H2,1-5H3. The summed E-state index contributed by atoms with van der Waals surface area (Å²) in [6, 6.07) is 11.8. The molecule has 0 aliphatic carbocycles. The summed E-state index contributed by atoms with van der Waals surface area (Å²) in [5, 5.41) is 0. The molecule has 0 amide bonds. The number of sulfonamides is 1. The van der Waals surface area contributed by atoms with Gasteiger partial charge >= 0.3 is 0 Å². The molecule has 2 rings (SSSR count). The van der Waals surface area contributed by atoms with Crippen molar-refractivity contribution in [2.24, 2.45) is 0 Å². The Labute approximate surface area is 150 Å². The summed E-state index contributed by atoms with van der Waals surface area (Å²) in [6.45, 7) is 8.61. The number of nitrogens with one attached hydrogen (secondary N) is 1. The molecule has 2 aromatic rings. The highest BCUT2D eigenvalue weighted by molar-refractivity contribution is 7.92. The SMILES string of the molecule is CCOc1ccc(S(=O)(=O)Nc2cc(C(C)(C)C)ccc2OC)cc1. The Morgan fingerprint density at radius 3 is 2.20 bits per heavy atom.